The van der Waals surface area contributed by atoms with Crippen LogP contribution in [0.5, 0.6) is 0 Å². The Morgan fingerprint density at radius 3 is 2.61 bits per heavy atom. The number of halogens is 1. The van der Waals surface area contributed by atoms with E-state index in [1.54, 1.807) is 0 Å². The lowest BCUT2D eigenvalue weighted by Gasteiger charge is -2.23. The molecule has 0 amide bonds. The molecule has 2 saturated heterocycles. The normalized spacial score (nSPS) is 29.7. The fraction of sp³-hybridized carbons (Fsp3) is 0.600. The molecule has 5 heterocycles. The van der Waals surface area contributed by atoms with Crippen LogP contribution in [0, 0.1) is 0 Å². The smallest absolute Gasteiger partial charge is 0.382 e. The number of phosphoric ester groups is 1. The molecule has 2 aliphatic rings. The van der Waals surface area contributed by atoms with Crippen LogP contribution in [-0.2, 0) is 32.6 Å². The zero-order valence-corrected chi connectivity index (χ0v) is 22.5. The Morgan fingerprint density at radius 1 is 1.15 bits per heavy atom. The van der Waals surface area contributed by atoms with Crippen LogP contribution in [-0.4, -0.2) is 97.0 Å². The zero-order valence-electron chi connectivity index (χ0n) is 21.6. The average Bonchev–Trinajstić information content (AvgIpc) is 3.60. The monoisotopic (exact) mass is 603 g/mol. The molecular formula is C20H27FN9O10P. The number of rotatable bonds is 10. The van der Waals surface area contributed by atoms with Gasteiger partial charge in [0.1, 0.15) is 30.9 Å². The van der Waals surface area contributed by atoms with Gasteiger partial charge in [0.25, 0.3) is 5.56 Å². The SMILES string of the molecule is COC[C@H]1O[C@@H](n2cnc(N)nc2=O)C(F)C1OP(=O)(O)OC[C@H]1O[C@@H](n2cnc3c(=O)[nH]c(N)nc32)C[C@H]1OC. The van der Waals surface area contributed by atoms with Crippen molar-refractivity contribution in [2.45, 2.75) is 49.5 Å². The van der Waals surface area contributed by atoms with Gasteiger partial charge in [-0.25, -0.2) is 23.7 Å². The lowest BCUT2D eigenvalue weighted by atomic mass is 10.1. The quantitative estimate of drug-likeness (QED) is 0.195. The summed E-state index contributed by atoms with van der Waals surface area (Å²) in [5.74, 6) is -0.441. The van der Waals surface area contributed by atoms with E-state index in [-0.39, 0.29) is 36.1 Å². The van der Waals surface area contributed by atoms with Crippen LogP contribution in [0.25, 0.3) is 11.2 Å². The summed E-state index contributed by atoms with van der Waals surface area (Å²) >= 11 is 0. The number of phosphoric acid groups is 1. The highest BCUT2D eigenvalue weighted by Crippen LogP contribution is 2.49. The minimum absolute atomic E-state index is 0.0426. The van der Waals surface area contributed by atoms with Crippen molar-refractivity contribution in [3.8, 4) is 0 Å². The molecule has 2 aliphatic heterocycles. The van der Waals surface area contributed by atoms with E-state index < -0.39 is 68.7 Å². The second-order valence-corrected chi connectivity index (χ2v) is 10.5. The van der Waals surface area contributed by atoms with E-state index in [1.807, 2.05) is 0 Å². The predicted octanol–water partition coefficient (Wildman–Crippen LogP) is -1.38. The Bertz CT molecular complexity index is 1570. The van der Waals surface area contributed by atoms with Crippen LogP contribution in [0.2, 0.25) is 0 Å². The summed E-state index contributed by atoms with van der Waals surface area (Å²) in [4.78, 5) is 52.3. The second kappa shape index (κ2) is 11.5. The number of hydrogen-bond acceptors (Lipinski definition) is 15. The van der Waals surface area contributed by atoms with E-state index in [9.17, 15) is 19.0 Å². The summed E-state index contributed by atoms with van der Waals surface area (Å²) in [6, 6.07) is 0. The first-order valence-corrected chi connectivity index (χ1v) is 13.6. The van der Waals surface area contributed by atoms with Crippen molar-refractivity contribution in [1.29, 1.82) is 0 Å². The van der Waals surface area contributed by atoms with Crippen LogP contribution < -0.4 is 22.7 Å². The Morgan fingerprint density at radius 2 is 1.90 bits per heavy atom. The third-order valence-corrected chi connectivity index (χ3v) is 7.50. The molecule has 224 valence electrons. The van der Waals surface area contributed by atoms with Crippen LogP contribution >= 0.6 is 7.82 Å². The molecule has 8 atom stereocenters. The van der Waals surface area contributed by atoms with E-state index in [0.29, 0.717) is 0 Å². The highest BCUT2D eigenvalue weighted by molar-refractivity contribution is 7.47. The van der Waals surface area contributed by atoms with Gasteiger partial charge in [0.05, 0.1) is 25.6 Å². The highest BCUT2D eigenvalue weighted by Gasteiger charge is 2.51. The van der Waals surface area contributed by atoms with E-state index in [2.05, 4.69) is 24.9 Å². The maximum Gasteiger partial charge on any atom is 0.472 e. The Labute approximate surface area is 229 Å². The molecule has 21 heteroatoms. The van der Waals surface area contributed by atoms with Gasteiger partial charge in [-0.3, -0.25) is 28.0 Å². The van der Waals surface area contributed by atoms with Crippen molar-refractivity contribution in [1.82, 2.24) is 34.1 Å². The first-order chi connectivity index (χ1) is 19.5. The zero-order chi connectivity index (χ0) is 29.5. The fourth-order valence-electron chi connectivity index (χ4n) is 4.65. The molecule has 2 fully saturated rings. The highest BCUT2D eigenvalue weighted by atomic mass is 31.2. The van der Waals surface area contributed by atoms with E-state index in [4.69, 9.17) is 39.5 Å². The van der Waals surface area contributed by atoms with Crippen LogP contribution in [0.1, 0.15) is 18.9 Å². The maximum absolute atomic E-state index is 15.4. The van der Waals surface area contributed by atoms with Crippen molar-refractivity contribution in [3.63, 3.8) is 0 Å². The minimum atomic E-state index is -4.94. The minimum Gasteiger partial charge on any atom is -0.382 e. The number of imidazole rings is 1. The molecule has 6 N–H and O–H groups in total. The Kier molecular flexibility index (Phi) is 8.17. The fourth-order valence-corrected chi connectivity index (χ4v) is 5.60. The number of aromatic amines is 1. The van der Waals surface area contributed by atoms with Crippen molar-refractivity contribution in [2.75, 3.05) is 38.9 Å². The number of nitrogens with zero attached hydrogens (tertiary/aromatic N) is 6. The molecule has 0 saturated carbocycles. The van der Waals surface area contributed by atoms with Crippen LogP contribution in [0.3, 0.4) is 0 Å². The summed E-state index contributed by atoms with van der Waals surface area (Å²) in [5, 5.41) is 0. The first-order valence-electron chi connectivity index (χ1n) is 12.1. The van der Waals surface area contributed by atoms with Gasteiger partial charge in [-0.15, -0.1) is 0 Å². The number of ether oxygens (including phenoxy) is 4. The molecule has 0 radical (unpaired) electrons. The Hall–Kier alpha value is -3.36. The van der Waals surface area contributed by atoms with E-state index in [0.717, 1.165) is 10.9 Å². The second-order valence-electron chi connectivity index (χ2n) is 9.12. The summed E-state index contributed by atoms with van der Waals surface area (Å²) in [7, 11) is -2.23. The number of fused-ring (bicyclic) bond motifs is 1. The number of nitrogens with one attached hydrogen (secondary N) is 1. The maximum atomic E-state index is 15.4. The number of nitrogens with two attached hydrogens (primary N) is 2. The third-order valence-electron chi connectivity index (χ3n) is 6.52. The molecule has 0 aromatic carbocycles. The van der Waals surface area contributed by atoms with Crippen LogP contribution in [0.15, 0.2) is 22.2 Å². The van der Waals surface area contributed by atoms with Gasteiger partial charge in [-0.1, -0.05) is 0 Å². The average molecular weight is 603 g/mol. The molecule has 3 aromatic heterocycles. The largest absolute Gasteiger partial charge is 0.472 e. The number of alkyl halides is 1. The standard InChI is InChI=1S/C20H27FN9O10P/c1-35-4-10-14(12(21)17(39-10)30-7-25-18(22)28-20(30)32)40-41(33,34)37-5-9-8(36-2)3-11(38-9)29-6-24-13-15(29)26-19(23)27-16(13)31/h6-12,14,17H,3-5H2,1-2H3,(H,33,34)(H2,22,28,32)(H3,23,26,27,31)/t8-,9-,10-,11-,12?,14?,17-/m1/s1. The number of anilines is 2. The molecule has 0 bridgehead atoms. The lowest BCUT2D eigenvalue weighted by Crippen LogP contribution is -2.36. The summed E-state index contributed by atoms with van der Waals surface area (Å²) in [6.07, 6.45) is -6.33. The van der Waals surface area contributed by atoms with Gasteiger partial charge in [0.15, 0.2) is 23.6 Å². The van der Waals surface area contributed by atoms with Crippen molar-refractivity contribution in [2.24, 2.45) is 0 Å². The third kappa shape index (κ3) is 5.86. The summed E-state index contributed by atoms with van der Waals surface area (Å²) in [6.45, 7) is -0.745. The molecule has 19 nitrogen and oxygen atoms in total. The van der Waals surface area contributed by atoms with E-state index in [1.165, 1.54) is 25.1 Å². The molecule has 41 heavy (non-hydrogen) atoms. The first kappa shape index (κ1) is 29.1. The van der Waals surface area contributed by atoms with Gasteiger partial charge in [0, 0.05) is 20.6 Å². The van der Waals surface area contributed by atoms with Gasteiger partial charge >= 0.3 is 13.5 Å². The molecule has 3 unspecified atom stereocenters. The summed E-state index contributed by atoms with van der Waals surface area (Å²) in [5.41, 5.74) is 9.76. The number of nitrogen functional groups attached to an aromatic ring is 2. The van der Waals surface area contributed by atoms with Crippen molar-refractivity contribution >= 4 is 30.9 Å². The van der Waals surface area contributed by atoms with Gasteiger partial charge in [-0.05, 0) is 0 Å². The van der Waals surface area contributed by atoms with Crippen molar-refractivity contribution < 1.29 is 41.8 Å². The molecular weight excluding hydrogens is 576 g/mol. The lowest BCUT2D eigenvalue weighted by molar-refractivity contribution is -0.0644. The molecule has 3 aromatic rings. The number of H-pyrrole nitrogens is 1. The van der Waals surface area contributed by atoms with Gasteiger partial charge < -0.3 is 35.3 Å². The van der Waals surface area contributed by atoms with Gasteiger partial charge in [-0.2, -0.15) is 9.97 Å². The Balaban J connectivity index is 1.27. The number of hydrogen-bond donors (Lipinski definition) is 4. The van der Waals surface area contributed by atoms with E-state index >= 15 is 4.39 Å². The molecule has 5 rings (SSSR count). The predicted molar refractivity (Wildman–Crippen MR) is 134 cm³/mol. The number of aromatic nitrogens is 7. The van der Waals surface area contributed by atoms with Crippen LogP contribution in [0.4, 0.5) is 16.3 Å². The summed E-state index contributed by atoms with van der Waals surface area (Å²) < 4.78 is 62.8. The number of methoxy groups -OCH3 is 2. The molecule has 0 aliphatic carbocycles. The van der Waals surface area contributed by atoms with Crippen molar-refractivity contribution in [3.05, 3.63) is 33.5 Å². The molecule has 0 spiro atoms. The topological polar surface area (TPSA) is 256 Å². The van der Waals surface area contributed by atoms with Gasteiger partial charge in [0.2, 0.25) is 11.9 Å².